The van der Waals surface area contributed by atoms with Crippen molar-refractivity contribution in [3.63, 3.8) is 0 Å². The van der Waals surface area contributed by atoms with Crippen molar-refractivity contribution in [1.82, 2.24) is 0 Å². The third-order valence-electron chi connectivity index (χ3n) is 5.92. The smallest absolute Gasteiger partial charge is 0.232 e. The summed E-state index contributed by atoms with van der Waals surface area (Å²) in [6.07, 6.45) is 5.48. The van der Waals surface area contributed by atoms with E-state index in [0.29, 0.717) is 17.9 Å². The fourth-order valence-electron chi connectivity index (χ4n) is 4.43. The second-order valence-electron chi connectivity index (χ2n) is 9.04. The van der Waals surface area contributed by atoms with E-state index in [0.717, 1.165) is 28.1 Å². The zero-order valence-electron chi connectivity index (χ0n) is 17.6. The molecule has 4 heteroatoms. The van der Waals surface area contributed by atoms with Gasteiger partial charge in [0.2, 0.25) is 5.91 Å². The number of hydrogen-bond donors (Lipinski definition) is 0. The summed E-state index contributed by atoms with van der Waals surface area (Å²) in [7, 11) is 0. The molecule has 1 atom stereocenters. The molecule has 0 aromatic heterocycles. The molecule has 0 radical (unpaired) electrons. The predicted octanol–water partition coefficient (Wildman–Crippen LogP) is 6.36. The molecule has 1 amide bonds. The number of Topliss-reactive ketones (excluding diaryl/α,β-unsaturated/α-hetero) is 1. The summed E-state index contributed by atoms with van der Waals surface area (Å²) in [4.78, 5) is 28.2. The molecule has 0 spiro atoms. The number of allylic oxidation sites excluding steroid dienone is 3. The number of hydrogen-bond acceptors (Lipinski definition) is 2. The van der Waals surface area contributed by atoms with Crippen LogP contribution >= 0.6 is 11.6 Å². The number of carbonyl (C=O) groups is 2. The first-order valence-electron chi connectivity index (χ1n) is 10.3. The molecular weight excluding hydrogens is 394 g/mol. The third-order valence-corrected chi connectivity index (χ3v) is 6.32. The van der Waals surface area contributed by atoms with Gasteiger partial charge in [-0.2, -0.15) is 0 Å². The lowest BCUT2D eigenvalue weighted by molar-refractivity contribution is -0.121. The maximum absolute atomic E-state index is 13.3. The molecule has 0 saturated carbocycles. The fraction of sp³-hybridized carbons (Fsp3) is 0.308. The van der Waals surface area contributed by atoms with Gasteiger partial charge in [-0.1, -0.05) is 74.0 Å². The summed E-state index contributed by atoms with van der Waals surface area (Å²) in [5, 5.41) is 0.620. The van der Waals surface area contributed by atoms with Crippen molar-refractivity contribution >= 4 is 35.1 Å². The first-order valence-corrected chi connectivity index (χ1v) is 10.7. The number of halogens is 1. The molecule has 0 bridgehead atoms. The van der Waals surface area contributed by atoms with Crippen LogP contribution in [0.3, 0.4) is 0 Å². The molecule has 1 heterocycles. The molecule has 1 aliphatic heterocycles. The second-order valence-corrected chi connectivity index (χ2v) is 9.45. The lowest BCUT2D eigenvalue weighted by Crippen LogP contribution is -2.44. The SMILES string of the molecule is Cc1ccc(N2C(=O)CC(/C=C/c3ccccc3)C3=C2CC(C)(C)CC3=O)cc1Cl. The number of carbonyl (C=O) groups excluding carboxylic acids is 2. The summed E-state index contributed by atoms with van der Waals surface area (Å²) in [6, 6.07) is 15.6. The maximum atomic E-state index is 13.3. The van der Waals surface area contributed by atoms with Crippen molar-refractivity contribution in [2.45, 2.75) is 40.0 Å². The van der Waals surface area contributed by atoms with Crippen LogP contribution in [-0.4, -0.2) is 11.7 Å². The molecule has 0 saturated heterocycles. The number of amides is 1. The molecular formula is C26H26ClNO2. The van der Waals surface area contributed by atoms with Crippen molar-refractivity contribution in [3.8, 4) is 0 Å². The summed E-state index contributed by atoms with van der Waals surface area (Å²) >= 11 is 6.35. The minimum atomic E-state index is -0.200. The van der Waals surface area contributed by atoms with Crippen LogP contribution in [0.25, 0.3) is 6.08 Å². The summed E-state index contributed by atoms with van der Waals surface area (Å²) < 4.78 is 0. The summed E-state index contributed by atoms with van der Waals surface area (Å²) in [5.74, 6) is -0.0602. The van der Waals surface area contributed by atoms with E-state index in [2.05, 4.69) is 13.8 Å². The molecule has 154 valence electrons. The third kappa shape index (κ3) is 3.99. The van der Waals surface area contributed by atoms with E-state index in [1.54, 1.807) is 4.90 Å². The van der Waals surface area contributed by atoms with E-state index in [1.807, 2.05) is 67.6 Å². The lowest BCUT2D eigenvalue weighted by atomic mass is 9.70. The van der Waals surface area contributed by atoms with Crippen molar-refractivity contribution in [3.05, 3.63) is 82.0 Å². The van der Waals surface area contributed by atoms with Gasteiger partial charge in [-0.25, -0.2) is 0 Å². The molecule has 1 unspecified atom stereocenters. The standard InChI is InChI=1S/C26H26ClNO2/c1-17-9-12-20(14-21(17)27)28-22-15-26(2,3)16-23(29)25(22)19(13-24(28)30)11-10-18-7-5-4-6-8-18/h4-12,14,19H,13,15-16H2,1-3H3/b11-10+. The molecule has 0 fully saturated rings. The average molecular weight is 420 g/mol. The van der Waals surface area contributed by atoms with Crippen LogP contribution in [0.1, 0.15) is 44.2 Å². The van der Waals surface area contributed by atoms with Gasteiger partial charge in [0, 0.05) is 35.1 Å². The molecule has 3 nitrogen and oxygen atoms in total. The van der Waals surface area contributed by atoms with Crippen LogP contribution in [-0.2, 0) is 9.59 Å². The van der Waals surface area contributed by atoms with Crippen molar-refractivity contribution < 1.29 is 9.59 Å². The predicted molar refractivity (Wildman–Crippen MR) is 122 cm³/mol. The monoisotopic (exact) mass is 419 g/mol. The van der Waals surface area contributed by atoms with Crippen molar-refractivity contribution in [2.24, 2.45) is 11.3 Å². The molecule has 0 N–H and O–H groups in total. The van der Waals surface area contributed by atoms with Gasteiger partial charge in [0.15, 0.2) is 5.78 Å². The first kappa shape index (κ1) is 20.6. The Labute approximate surface area is 183 Å². The van der Waals surface area contributed by atoms with Gasteiger partial charge in [0.1, 0.15) is 0 Å². The molecule has 2 aromatic carbocycles. The minimum absolute atomic E-state index is 0.00174. The Kier molecular flexibility index (Phi) is 5.42. The molecule has 4 rings (SSSR count). The molecule has 2 aromatic rings. The van der Waals surface area contributed by atoms with Gasteiger partial charge in [0.05, 0.1) is 5.69 Å². The van der Waals surface area contributed by atoms with Gasteiger partial charge in [0.25, 0.3) is 0 Å². The Morgan fingerprint density at radius 1 is 1.07 bits per heavy atom. The Hall–Kier alpha value is -2.65. The lowest BCUT2D eigenvalue weighted by Gasteiger charge is -2.42. The highest BCUT2D eigenvalue weighted by atomic mass is 35.5. The van der Waals surface area contributed by atoms with E-state index >= 15 is 0 Å². The van der Waals surface area contributed by atoms with Gasteiger partial charge < -0.3 is 0 Å². The minimum Gasteiger partial charge on any atom is -0.294 e. The molecule has 2 aliphatic rings. The van der Waals surface area contributed by atoms with Crippen molar-refractivity contribution in [1.29, 1.82) is 0 Å². The van der Waals surface area contributed by atoms with Gasteiger partial charge in [-0.15, -0.1) is 0 Å². The van der Waals surface area contributed by atoms with Gasteiger partial charge in [-0.05, 0) is 42.0 Å². The van der Waals surface area contributed by atoms with E-state index in [1.165, 1.54) is 0 Å². The van der Waals surface area contributed by atoms with Crippen LogP contribution in [0.5, 0.6) is 0 Å². The Morgan fingerprint density at radius 2 is 1.80 bits per heavy atom. The number of ketones is 1. The number of anilines is 1. The van der Waals surface area contributed by atoms with Crippen LogP contribution in [0.2, 0.25) is 5.02 Å². The zero-order valence-corrected chi connectivity index (χ0v) is 18.4. The van der Waals surface area contributed by atoms with Gasteiger partial charge >= 0.3 is 0 Å². The first-order chi connectivity index (χ1) is 14.2. The Balaban J connectivity index is 1.81. The molecule has 1 aliphatic carbocycles. The highest BCUT2D eigenvalue weighted by molar-refractivity contribution is 6.31. The van der Waals surface area contributed by atoms with Crippen LogP contribution in [0.15, 0.2) is 65.9 Å². The zero-order chi connectivity index (χ0) is 21.5. The van der Waals surface area contributed by atoms with Crippen LogP contribution in [0, 0.1) is 18.3 Å². The summed E-state index contributed by atoms with van der Waals surface area (Å²) in [5.41, 5.74) is 4.17. The number of benzene rings is 2. The van der Waals surface area contributed by atoms with Crippen molar-refractivity contribution in [2.75, 3.05) is 4.90 Å². The highest BCUT2D eigenvalue weighted by Gasteiger charge is 2.43. The number of aryl methyl sites for hydroxylation is 1. The van der Waals surface area contributed by atoms with E-state index in [9.17, 15) is 9.59 Å². The Bertz CT molecular complexity index is 1070. The molecule has 30 heavy (non-hydrogen) atoms. The maximum Gasteiger partial charge on any atom is 0.232 e. The quantitative estimate of drug-likeness (QED) is 0.580. The van der Waals surface area contributed by atoms with E-state index in [4.69, 9.17) is 11.6 Å². The van der Waals surface area contributed by atoms with E-state index in [-0.39, 0.29) is 29.4 Å². The largest absolute Gasteiger partial charge is 0.294 e. The Morgan fingerprint density at radius 3 is 2.50 bits per heavy atom. The van der Waals surface area contributed by atoms with Crippen LogP contribution < -0.4 is 4.90 Å². The van der Waals surface area contributed by atoms with E-state index < -0.39 is 0 Å². The number of nitrogens with zero attached hydrogens (tertiary/aromatic N) is 1. The number of rotatable bonds is 3. The highest BCUT2D eigenvalue weighted by Crippen LogP contribution is 2.46. The average Bonchev–Trinajstić information content (AvgIpc) is 2.68. The summed E-state index contributed by atoms with van der Waals surface area (Å²) in [6.45, 7) is 6.11. The van der Waals surface area contributed by atoms with Crippen LogP contribution in [0.4, 0.5) is 5.69 Å². The topological polar surface area (TPSA) is 37.4 Å². The normalized spacial score (nSPS) is 21.3. The van der Waals surface area contributed by atoms with Gasteiger partial charge in [-0.3, -0.25) is 14.5 Å². The second kappa shape index (κ2) is 7.88. The fourth-order valence-corrected chi connectivity index (χ4v) is 4.61.